The minimum absolute atomic E-state index is 0.603. The standard InChI is InChI=1S/C67H44N2O/c1-3-19-45(20-4-1)46-37-39-47(40-38-46)51-23-8-13-32-60(51)68(50-43-41-48(42-44-50)52-26-17-27-54-53-24-9-16-36-64(53)70-66(52)54)63-35-18-31-59-65(63)55-25-7-10-28-56(55)67(59)57-29-11-14-33-61(57)69(49-21-5-2-6-22-49)62-34-15-12-30-58(62)67/h1-44H. The van der Waals surface area contributed by atoms with Crippen LogP contribution in [-0.2, 0) is 5.41 Å². The Balaban J connectivity index is 1.00. The molecule has 1 spiro atoms. The zero-order valence-corrected chi connectivity index (χ0v) is 38.2. The second-order valence-corrected chi connectivity index (χ2v) is 18.3. The van der Waals surface area contributed by atoms with Crippen LogP contribution in [0.2, 0.25) is 0 Å². The molecule has 3 heteroatoms. The second-order valence-electron chi connectivity index (χ2n) is 18.3. The molecule has 0 atom stereocenters. The van der Waals surface area contributed by atoms with Crippen LogP contribution < -0.4 is 9.80 Å². The van der Waals surface area contributed by atoms with E-state index in [4.69, 9.17) is 4.42 Å². The lowest BCUT2D eigenvalue weighted by atomic mass is 9.64. The maximum atomic E-state index is 6.56. The van der Waals surface area contributed by atoms with Crippen LogP contribution in [0.1, 0.15) is 22.3 Å². The van der Waals surface area contributed by atoms with Gasteiger partial charge in [0.1, 0.15) is 11.2 Å². The zero-order chi connectivity index (χ0) is 46.2. The van der Waals surface area contributed by atoms with Crippen molar-refractivity contribution in [1.29, 1.82) is 0 Å². The minimum atomic E-state index is -0.603. The molecule has 1 aromatic heterocycles. The van der Waals surface area contributed by atoms with Crippen molar-refractivity contribution < 1.29 is 4.42 Å². The Hall–Kier alpha value is -9.18. The first-order chi connectivity index (χ1) is 34.8. The number of anilines is 6. The van der Waals surface area contributed by atoms with E-state index in [2.05, 4.69) is 271 Å². The summed E-state index contributed by atoms with van der Waals surface area (Å²) in [6.07, 6.45) is 0. The molecule has 1 aliphatic heterocycles. The highest BCUT2D eigenvalue weighted by atomic mass is 16.3. The SMILES string of the molecule is c1ccc(-c2ccc(-c3ccccc3N(c3ccc(-c4cccc5c4oc4ccccc45)cc3)c3cccc4c3-c3ccccc3C43c4ccccc4N(c4ccccc4)c4ccccc43)cc2)cc1. The highest BCUT2D eigenvalue weighted by Crippen LogP contribution is 2.65. The number of fused-ring (bicyclic) bond motifs is 12. The van der Waals surface area contributed by atoms with Crippen molar-refractivity contribution >= 4 is 56.1 Å². The molecule has 0 radical (unpaired) electrons. The molecule has 0 amide bonds. The van der Waals surface area contributed by atoms with Gasteiger partial charge in [0.15, 0.2) is 0 Å². The van der Waals surface area contributed by atoms with Crippen molar-refractivity contribution in [1.82, 2.24) is 0 Å². The van der Waals surface area contributed by atoms with Gasteiger partial charge >= 0.3 is 0 Å². The molecule has 3 nitrogen and oxygen atoms in total. The summed E-state index contributed by atoms with van der Waals surface area (Å²) in [7, 11) is 0. The van der Waals surface area contributed by atoms with Crippen LogP contribution in [0.15, 0.2) is 271 Å². The molecule has 0 saturated carbocycles. The quantitative estimate of drug-likeness (QED) is 0.159. The van der Waals surface area contributed by atoms with Gasteiger partial charge in [-0.25, -0.2) is 0 Å². The van der Waals surface area contributed by atoms with Gasteiger partial charge in [-0.3, -0.25) is 0 Å². The zero-order valence-electron chi connectivity index (χ0n) is 38.2. The van der Waals surface area contributed by atoms with Gasteiger partial charge in [-0.05, 0) is 105 Å². The molecule has 70 heavy (non-hydrogen) atoms. The molecule has 0 fully saturated rings. The maximum Gasteiger partial charge on any atom is 0.143 e. The molecule has 2 heterocycles. The predicted octanol–water partition coefficient (Wildman–Crippen LogP) is 18.2. The summed E-state index contributed by atoms with van der Waals surface area (Å²) in [6, 6.07) is 97.3. The van der Waals surface area contributed by atoms with E-state index in [1.165, 1.54) is 55.9 Å². The molecule has 0 saturated heterocycles. The number of hydrogen-bond acceptors (Lipinski definition) is 3. The van der Waals surface area contributed by atoms with E-state index in [1.807, 2.05) is 6.07 Å². The minimum Gasteiger partial charge on any atom is -0.455 e. The molecule has 14 rings (SSSR count). The Bertz CT molecular complexity index is 3900. The van der Waals surface area contributed by atoms with Gasteiger partial charge in [-0.2, -0.15) is 0 Å². The van der Waals surface area contributed by atoms with Crippen molar-refractivity contribution in [3.05, 3.63) is 289 Å². The lowest BCUT2D eigenvalue weighted by molar-refractivity contribution is 0.670. The summed E-state index contributed by atoms with van der Waals surface area (Å²) in [5, 5.41) is 2.25. The maximum absolute atomic E-state index is 6.56. The smallest absolute Gasteiger partial charge is 0.143 e. The first kappa shape index (κ1) is 39.9. The number of hydrogen-bond donors (Lipinski definition) is 0. The Morgan fingerprint density at radius 2 is 0.829 bits per heavy atom. The topological polar surface area (TPSA) is 19.6 Å². The van der Waals surface area contributed by atoms with Crippen LogP contribution in [0.3, 0.4) is 0 Å². The summed E-state index contributed by atoms with van der Waals surface area (Å²) < 4.78 is 6.56. The first-order valence-electron chi connectivity index (χ1n) is 24.1. The van der Waals surface area contributed by atoms with E-state index in [1.54, 1.807) is 0 Å². The van der Waals surface area contributed by atoms with Crippen LogP contribution in [0.4, 0.5) is 34.1 Å². The third-order valence-electron chi connectivity index (χ3n) is 14.7. The van der Waals surface area contributed by atoms with Crippen molar-refractivity contribution in [2.45, 2.75) is 5.41 Å². The Labute approximate surface area is 407 Å². The Morgan fingerprint density at radius 3 is 1.59 bits per heavy atom. The monoisotopic (exact) mass is 892 g/mol. The third kappa shape index (κ3) is 5.95. The highest BCUT2D eigenvalue weighted by Gasteiger charge is 2.52. The Kier molecular flexibility index (Phi) is 9.11. The lowest BCUT2D eigenvalue weighted by Crippen LogP contribution is -2.36. The molecule has 0 N–H and O–H groups in total. The summed E-state index contributed by atoms with van der Waals surface area (Å²) in [5.74, 6) is 0. The van der Waals surface area contributed by atoms with Crippen molar-refractivity contribution in [2.75, 3.05) is 9.80 Å². The van der Waals surface area contributed by atoms with E-state index in [0.717, 1.165) is 66.9 Å². The Morgan fingerprint density at radius 1 is 0.329 bits per heavy atom. The molecular formula is C67H44N2O. The number of rotatable bonds is 7. The average molecular weight is 893 g/mol. The molecule has 0 bridgehead atoms. The molecule has 1 aliphatic carbocycles. The van der Waals surface area contributed by atoms with Crippen LogP contribution in [0.25, 0.3) is 66.4 Å². The fourth-order valence-electron chi connectivity index (χ4n) is 11.7. The van der Waals surface area contributed by atoms with Crippen LogP contribution >= 0.6 is 0 Å². The van der Waals surface area contributed by atoms with Gasteiger partial charge in [-0.15, -0.1) is 0 Å². The number of furan rings is 1. The van der Waals surface area contributed by atoms with E-state index in [9.17, 15) is 0 Å². The summed E-state index contributed by atoms with van der Waals surface area (Å²) in [5.41, 5.74) is 22.3. The normalized spacial score (nSPS) is 12.9. The van der Waals surface area contributed by atoms with E-state index in [0.29, 0.717) is 0 Å². The molecule has 328 valence electrons. The molecular weight excluding hydrogens is 849 g/mol. The van der Waals surface area contributed by atoms with Gasteiger partial charge in [0, 0.05) is 38.8 Å². The van der Waals surface area contributed by atoms with Crippen LogP contribution in [-0.4, -0.2) is 0 Å². The number of para-hydroxylation sites is 6. The van der Waals surface area contributed by atoms with Crippen molar-refractivity contribution in [3.63, 3.8) is 0 Å². The first-order valence-corrected chi connectivity index (χ1v) is 24.1. The van der Waals surface area contributed by atoms with Crippen LogP contribution in [0, 0.1) is 0 Å². The van der Waals surface area contributed by atoms with E-state index >= 15 is 0 Å². The molecule has 12 aromatic rings. The fraction of sp³-hybridized carbons (Fsp3) is 0.0149. The van der Waals surface area contributed by atoms with E-state index < -0.39 is 5.41 Å². The fourth-order valence-corrected chi connectivity index (χ4v) is 11.7. The molecule has 2 aliphatic rings. The van der Waals surface area contributed by atoms with Gasteiger partial charge < -0.3 is 14.2 Å². The predicted molar refractivity (Wildman–Crippen MR) is 290 cm³/mol. The van der Waals surface area contributed by atoms with Gasteiger partial charge in [0.25, 0.3) is 0 Å². The molecule has 0 unspecified atom stereocenters. The van der Waals surface area contributed by atoms with Gasteiger partial charge in [-0.1, -0.05) is 212 Å². The largest absolute Gasteiger partial charge is 0.455 e. The van der Waals surface area contributed by atoms with Gasteiger partial charge in [0.05, 0.1) is 28.2 Å². The molecule has 11 aromatic carbocycles. The summed E-state index contributed by atoms with van der Waals surface area (Å²) >= 11 is 0. The number of nitrogens with zero attached hydrogens (tertiary/aromatic N) is 2. The van der Waals surface area contributed by atoms with E-state index in [-0.39, 0.29) is 0 Å². The summed E-state index contributed by atoms with van der Waals surface area (Å²) in [6.45, 7) is 0. The number of benzene rings is 11. The third-order valence-corrected chi connectivity index (χ3v) is 14.7. The summed E-state index contributed by atoms with van der Waals surface area (Å²) in [4.78, 5) is 4.94. The van der Waals surface area contributed by atoms with Crippen molar-refractivity contribution in [2.24, 2.45) is 0 Å². The average Bonchev–Trinajstić information content (AvgIpc) is 3.97. The second kappa shape index (κ2) is 16.0. The lowest BCUT2D eigenvalue weighted by Gasteiger charge is -2.45. The van der Waals surface area contributed by atoms with Gasteiger partial charge in [0.2, 0.25) is 0 Å². The van der Waals surface area contributed by atoms with Crippen LogP contribution in [0.5, 0.6) is 0 Å². The van der Waals surface area contributed by atoms with Crippen molar-refractivity contribution in [3.8, 4) is 44.5 Å². The highest BCUT2D eigenvalue weighted by molar-refractivity contribution is 6.10.